The lowest BCUT2D eigenvalue weighted by Gasteiger charge is -2.25. The van der Waals surface area contributed by atoms with Gasteiger partial charge in [0.15, 0.2) is 5.78 Å². The van der Waals surface area contributed by atoms with Crippen LogP contribution in [-0.4, -0.2) is 35.3 Å². The van der Waals surface area contributed by atoms with Gasteiger partial charge >= 0.3 is 5.97 Å². The minimum Gasteiger partial charge on any atom is -0.481 e. The molecule has 1 N–H and O–H groups in total. The Bertz CT molecular complexity index is 597. The van der Waals surface area contributed by atoms with E-state index in [1.165, 1.54) is 5.56 Å². The lowest BCUT2D eigenvalue weighted by atomic mass is 10.0. The largest absolute Gasteiger partial charge is 0.481 e. The van der Waals surface area contributed by atoms with E-state index >= 15 is 0 Å². The van der Waals surface area contributed by atoms with Crippen molar-refractivity contribution in [1.82, 2.24) is 0 Å². The molecule has 0 heterocycles. The van der Waals surface area contributed by atoms with Gasteiger partial charge in [0.2, 0.25) is 7.37 Å². The fourth-order valence-electron chi connectivity index (χ4n) is 2.66. The van der Waals surface area contributed by atoms with Gasteiger partial charge in [-0.25, -0.2) is 0 Å². The summed E-state index contributed by atoms with van der Waals surface area (Å²) in [6, 6.07) is 9.95. The van der Waals surface area contributed by atoms with Gasteiger partial charge in [-0.1, -0.05) is 51.1 Å². The molecule has 25 heavy (non-hydrogen) atoms. The molecule has 0 spiro atoms. The SMILES string of the molecule is CCC(=O)[C@@H](O[P@@](=O)(CCCCc1ccccc1)CC(=O)O)C(C)C. The van der Waals surface area contributed by atoms with E-state index in [0.717, 1.165) is 12.8 Å². The molecule has 140 valence electrons. The predicted molar refractivity (Wildman–Crippen MR) is 99.4 cm³/mol. The number of hydrogen-bond acceptors (Lipinski definition) is 4. The first kappa shape index (κ1) is 21.6. The van der Waals surface area contributed by atoms with Crippen LogP contribution in [0.25, 0.3) is 0 Å². The van der Waals surface area contributed by atoms with Crippen molar-refractivity contribution in [3.63, 3.8) is 0 Å². The molecule has 1 aromatic rings. The van der Waals surface area contributed by atoms with Crippen LogP contribution in [0.1, 0.15) is 45.6 Å². The first-order valence-electron chi connectivity index (χ1n) is 8.82. The van der Waals surface area contributed by atoms with Crippen LogP contribution in [0, 0.1) is 5.92 Å². The summed E-state index contributed by atoms with van der Waals surface area (Å²) in [5.41, 5.74) is 1.19. The molecule has 0 unspecified atom stereocenters. The number of ketones is 1. The molecule has 0 amide bonds. The predicted octanol–water partition coefficient (Wildman–Crippen LogP) is 4.39. The van der Waals surface area contributed by atoms with Crippen LogP contribution in [0.4, 0.5) is 0 Å². The van der Waals surface area contributed by atoms with Crippen molar-refractivity contribution in [3.8, 4) is 0 Å². The molecule has 6 heteroatoms. The van der Waals surface area contributed by atoms with Gasteiger partial charge in [0.25, 0.3) is 0 Å². The quantitative estimate of drug-likeness (QED) is 0.437. The van der Waals surface area contributed by atoms with Crippen molar-refractivity contribution in [3.05, 3.63) is 35.9 Å². The number of benzene rings is 1. The van der Waals surface area contributed by atoms with E-state index in [2.05, 4.69) is 0 Å². The number of carboxylic acids is 1. The molecule has 1 aromatic carbocycles. The van der Waals surface area contributed by atoms with E-state index in [1.807, 2.05) is 44.2 Å². The maximum absolute atomic E-state index is 13.0. The first-order valence-corrected chi connectivity index (χ1v) is 10.8. The summed E-state index contributed by atoms with van der Waals surface area (Å²) in [4.78, 5) is 23.2. The summed E-state index contributed by atoms with van der Waals surface area (Å²) in [6.45, 7) is 5.36. The summed E-state index contributed by atoms with van der Waals surface area (Å²) in [7, 11) is -3.39. The molecule has 5 nitrogen and oxygen atoms in total. The fourth-order valence-corrected chi connectivity index (χ4v) is 4.89. The first-order chi connectivity index (χ1) is 11.8. The van der Waals surface area contributed by atoms with Gasteiger partial charge in [0.05, 0.1) is 0 Å². The highest BCUT2D eigenvalue weighted by molar-refractivity contribution is 7.59. The zero-order valence-corrected chi connectivity index (χ0v) is 16.2. The molecule has 0 saturated carbocycles. The smallest absolute Gasteiger partial charge is 0.313 e. The minimum absolute atomic E-state index is 0.134. The average molecular weight is 368 g/mol. The molecule has 0 aliphatic heterocycles. The number of rotatable bonds is 12. The molecule has 0 bridgehead atoms. The van der Waals surface area contributed by atoms with Crippen molar-refractivity contribution >= 4 is 19.1 Å². The molecule has 0 saturated heterocycles. The van der Waals surface area contributed by atoms with Gasteiger partial charge in [-0.05, 0) is 30.7 Å². The summed E-state index contributed by atoms with van der Waals surface area (Å²) in [5, 5.41) is 9.09. The van der Waals surface area contributed by atoms with Crippen LogP contribution in [0.15, 0.2) is 30.3 Å². The van der Waals surface area contributed by atoms with Crippen LogP contribution >= 0.6 is 7.37 Å². The standard InChI is InChI=1S/C19H29O5P/c1-4-17(20)19(15(2)3)24-25(23,14-18(21)22)13-9-8-12-16-10-6-5-7-11-16/h5-7,10-11,15,19H,4,8-9,12-14H2,1-3H3,(H,21,22)/t19-,25-/m0/s1. The Hall–Kier alpha value is -1.45. The van der Waals surface area contributed by atoms with E-state index in [-0.39, 0.29) is 24.3 Å². The number of aryl methyl sites for hydroxylation is 1. The molecular formula is C19H29O5P. The fraction of sp³-hybridized carbons (Fsp3) is 0.579. The van der Waals surface area contributed by atoms with Crippen molar-refractivity contribution in [2.45, 2.75) is 52.6 Å². The molecule has 0 aliphatic carbocycles. The van der Waals surface area contributed by atoms with Crippen molar-refractivity contribution in [2.24, 2.45) is 5.92 Å². The third-order valence-corrected chi connectivity index (χ3v) is 6.37. The Morgan fingerprint density at radius 2 is 1.80 bits per heavy atom. The number of carbonyl (C=O) groups excluding carboxylic acids is 1. The van der Waals surface area contributed by atoms with E-state index in [1.54, 1.807) is 6.92 Å². The molecule has 0 aromatic heterocycles. The normalized spacial score (nSPS) is 14.9. The second-order valence-corrected chi connectivity index (χ2v) is 9.23. The highest BCUT2D eigenvalue weighted by Crippen LogP contribution is 2.49. The van der Waals surface area contributed by atoms with Gasteiger partial charge in [0.1, 0.15) is 12.3 Å². The lowest BCUT2D eigenvalue weighted by molar-refractivity contribution is -0.134. The summed E-state index contributed by atoms with van der Waals surface area (Å²) in [5.74, 6) is -1.43. The molecule has 0 fully saturated rings. The van der Waals surface area contributed by atoms with Crippen LogP contribution in [-0.2, 0) is 25.1 Å². The zero-order chi connectivity index (χ0) is 18.9. The van der Waals surface area contributed by atoms with Crippen LogP contribution in [0.2, 0.25) is 0 Å². The van der Waals surface area contributed by atoms with Crippen molar-refractivity contribution in [2.75, 3.05) is 12.3 Å². The van der Waals surface area contributed by atoms with E-state index in [4.69, 9.17) is 9.63 Å². The van der Waals surface area contributed by atoms with Crippen molar-refractivity contribution < 1.29 is 23.8 Å². The topological polar surface area (TPSA) is 80.7 Å². The molecule has 0 aliphatic rings. The highest BCUT2D eigenvalue weighted by Gasteiger charge is 2.34. The van der Waals surface area contributed by atoms with Crippen LogP contribution < -0.4 is 0 Å². The number of carboxylic acid groups (broad SMARTS) is 1. The Balaban J connectivity index is 2.68. The zero-order valence-electron chi connectivity index (χ0n) is 15.3. The van der Waals surface area contributed by atoms with Gasteiger partial charge in [-0.3, -0.25) is 14.2 Å². The molecule has 1 rings (SSSR count). The van der Waals surface area contributed by atoms with Crippen LogP contribution in [0.5, 0.6) is 0 Å². The number of Topliss-reactive ketones (excluding diaryl/α,β-unsaturated/α-hetero) is 1. The maximum atomic E-state index is 13.0. The van der Waals surface area contributed by atoms with Crippen molar-refractivity contribution in [1.29, 1.82) is 0 Å². The summed E-state index contributed by atoms with van der Waals surface area (Å²) >= 11 is 0. The summed E-state index contributed by atoms with van der Waals surface area (Å²) in [6.07, 6.45) is 1.38. The van der Waals surface area contributed by atoms with Gasteiger partial charge in [0, 0.05) is 12.6 Å². The number of unbranched alkanes of at least 4 members (excludes halogenated alkanes) is 1. The van der Waals surface area contributed by atoms with E-state index in [9.17, 15) is 14.2 Å². The third-order valence-electron chi connectivity index (χ3n) is 4.01. The molecular weight excluding hydrogens is 339 g/mol. The Morgan fingerprint density at radius 3 is 2.32 bits per heavy atom. The van der Waals surface area contributed by atoms with E-state index < -0.39 is 25.6 Å². The number of hydrogen-bond donors (Lipinski definition) is 1. The lowest BCUT2D eigenvalue weighted by Crippen LogP contribution is -2.29. The number of carbonyl (C=O) groups is 2. The second kappa shape index (κ2) is 10.5. The highest BCUT2D eigenvalue weighted by atomic mass is 31.2. The monoisotopic (exact) mass is 368 g/mol. The summed E-state index contributed by atoms with van der Waals surface area (Å²) < 4.78 is 18.7. The molecule has 0 radical (unpaired) electrons. The van der Waals surface area contributed by atoms with Gasteiger partial charge in [-0.15, -0.1) is 0 Å². The third kappa shape index (κ3) is 7.98. The van der Waals surface area contributed by atoms with Gasteiger partial charge < -0.3 is 9.63 Å². The van der Waals surface area contributed by atoms with Gasteiger partial charge in [-0.2, -0.15) is 0 Å². The second-order valence-electron chi connectivity index (χ2n) is 6.62. The minimum atomic E-state index is -3.39. The number of aliphatic carboxylic acids is 1. The maximum Gasteiger partial charge on any atom is 0.313 e. The van der Waals surface area contributed by atoms with Crippen LogP contribution in [0.3, 0.4) is 0 Å². The Kier molecular flexibility index (Phi) is 9.09. The Labute approximate surface area is 150 Å². The average Bonchev–Trinajstić information content (AvgIpc) is 2.56. The van der Waals surface area contributed by atoms with E-state index in [0.29, 0.717) is 6.42 Å². The Morgan fingerprint density at radius 1 is 1.16 bits per heavy atom. The molecule has 2 atom stereocenters.